The first-order valence-electron chi connectivity index (χ1n) is 7.71. The third kappa shape index (κ3) is 3.83. The van der Waals surface area contributed by atoms with E-state index in [2.05, 4.69) is 22.4 Å². The number of rotatable bonds is 5. The molecule has 0 bridgehead atoms. The average molecular weight is 292 g/mol. The van der Waals surface area contributed by atoms with E-state index in [0.717, 1.165) is 38.0 Å². The maximum atomic E-state index is 11.9. The Hall–Kier alpha value is -1.40. The smallest absolute Gasteiger partial charge is 0.246 e. The predicted octanol–water partition coefficient (Wildman–Crippen LogP) is 0.503. The maximum absolute atomic E-state index is 11.9. The predicted molar refractivity (Wildman–Crippen MR) is 79.0 cm³/mol. The zero-order valence-electron chi connectivity index (χ0n) is 12.8. The van der Waals surface area contributed by atoms with Crippen LogP contribution in [0.25, 0.3) is 0 Å². The number of ether oxygens (including phenoxy) is 1. The van der Waals surface area contributed by atoms with Gasteiger partial charge < -0.3 is 15.0 Å². The van der Waals surface area contributed by atoms with Crippen molar-refractivity contribution in [2.45, 2.75) is 37.3 Å². The topological polar surface area (TPSA) is 59.4 Å². The summed E-state index contributed by atoms with van der Waals surface area (Å²) >= 11 is 0. The minimum absolute atomic E-state index is 0.00245. The molecule has 2 heterocycles. The Labute approximate surface area is 125 Å². The van der Waals surface area contributed by atoms with Gasteiger partial charge in [-0.1, -0.05) is 0 Å². The maximum Gasteiger partial charge on any atom is 0.246 e. The summed E-state index contributed by atoms with van der Waals surface area (Å²) in [5.41, 5.74) is 1.07. The van der Waals surface area contributed by atoms with Crippen molar-refractivity contribution in [3.05, 3.63) is 18.0 Å². The minimum Gasteiger partial charge on any atom is -0.368 e. The van der Waals surface area contributed by atoms with E-state index < -0.39 is 0 Å². The number of aromatic nitrogens is 2. The molecule has 1 N–H and O–H groups in total. The molecule has 1 aromatic rings. The van der Waals surface area contributed by atoms with Crippen LogP contribution < -0.4 is 5.32 Å². The first kappa shape index (κ1) is 14.5. The lowest BCUT2D eigenvalue weighted by Gasteiger charge is -2.28. The highest BCUT2D eigenvalue weighted by Gasteiger charge is 2.41. The molecule has 1 aliphatic carbocycles. The molecule has 0 aromatic carbocycles. The number of aryl methyl sites for hydroxylation is 1. The monoisotopic (exact) mass is 292 g/mol. The molecule has 1 amide bonds. The number of amides is 1. The molecule has 21 heavy (non-hydrogen) atoms. The largest absolute Gasteiger partial charge is 0.368 e. The van der Waals surface area contributed by atoms with Crippen molar-refractivity contribution < 1.29 is 9.53 Å². The van der Waals surface area contributed by atoms with Gasteiger partial charge in [0.15, 0.2) is 0 Å². The molecule has 0 spiro atoms. The first-order valence-corrected chi connectivity index (χ1v) is 7.71. The fourth-order valence-electron chi connectivity index (χ4n) is 2.91. The molecule has 6 heteroatoms. The lowest BCUT2D eigenvalue weighted by molar-refractivity contribution is -0.128. The lowest BCUT2D eigenvalue weighted by atomic mass is 10.1. The number of piperidine rings is 1. The van der Waals surface area contributed by atoms with E-state index in [4.69, 9.17) is 4.74 Å². The number of likely N-dealkylation sites (tertiary alicyclic amines) is 1. The molecule has 2 fully saturated rings. The highest BCUT2D eigenvalue weighted by Crippen LogP contribution is 2.39. The van der Waals surface area contributed by atoms with Crippen molar-refractivity contribution >= 4 is 5.91 Å². The van der Waals surface area contributed by atoms with Crippen LogP contribution in [0.5, 0.6) is 0 Å². The van der Waals surface area contributed by atoms with Gasteiger partial charge in [-0.25, -0.2) is 0 Å². The van der Waals surface area contributed by atoms with Gasteiger partial charge in [-0.05, 0) is 32.4 Å². The molecule has 6 nitrogen and oxygen atoms in total. The summed E-state index contributed by atoms with van der Waals surface area (Å²) in [5.74, 6) is 0.371. The molecular formula is C15H24N4O2. The number of hydrogen-bond acceptors (Lipinski definition) is 4. The van der Waals surface area contributed by atoms with E-state index in [0.29, 0.717) is 5.92 Å². The Morgan fingerprint density at radius 3 is 2.86 bits per heavy atom. The summed E-state index contributed by atoms with van der Waals surface area (Å²) in [7, 11) is 4.03. The zero-order valence-corrected chi connectivity index (χ0v) is 12.8. The second kappa shape index (κ2) is 6.15. The third-order valence-corrected chi connectivity index (χ3v) is 4.37. The summed E-state index contributed by atoms with van der Waals surface area (Å²) in [6.07, 6.45) is 5.19. The van der Waals surface area contributed by atoms with Crippen LogP contribution in [0.2, 0.25) is 0 Å². The van der Waals surface area contributed by atoms with Crippen molar-refractivity contribution in [3.63, 3.8) is 0 Å². The van der Waals surface area contributed by atoms with Crippen LogP contribution in [-0.2, 0) is 16.6 Å². The van der Waals surface area contributed by atoms with Gasteiger partial charge in [0.1, 0.15) is 6.61 Å². The van der Waals surface area contributed by atoms with Crippen LogP contribution >= 0.6 is 0 Å². The second-order valence-electron chi connectivity index (χ2n) is 6.24. The standard InChI is InChI=1S/C15H24N4O2/c1-18-6-3-11(4-7-18)21-10-15(20)16-14-9-12(14)13-5-8-19(2)17-13/h5,8,11-12,14H,3-4,6-7,9-10H2,1-2H3,(H,16,20)/t12-,14+/m0/s1. The van der Waals surface area contributed by atoms with E-state index in [1.807, 2.05) is 19.3 Å². The van der Waals surface area contributed by atoms with Gasteiger partial charge in [0, 0.05) is 38.3 Å². The normalized spacial score (nSPS) is 26.8. The molecule has 0 unspecified atom stereocenters. The number of hydrogen-bond donors (Lipinski definition) is 1. The van der Waals surface area contributed by atoms with Gasteiger partial charge in [0.25, 0.3) is 0 Å². The summed E-state index contributed by atoms with van der Waals surface area (Å²) < 4.78 is 7.51. The van der Waals surface area contributed by atoms with Crippen LogP contribution in [0, 0.1) is 0 Å². The number of carbonyl (C=O) groups is 1. The highest BCUT2D eigenvalue weighted by atomic mass is 16.5. The van der Waals surface area contributed by atoms with Crippen molar-refractivity contribution in [2.24, 2.45) is 7.05 Å². The second-order valence-corrected chi connectivity index (χ2v) is 6.24. The fourth-order valence-corrected chi connectivity index (χ4v) is 2.91. The SMILES string of the molecule is CN1CCC(OCC(=O)N[C@@H]2C[C@H]2c2ccn(C)n2)CC1. The molecule has 2 aliphatic rings. The van der Waals surface area contributed by atoms with Crippen LogP contribution in [0.15, 0.2) is 12.3 Å². The molecule has 3 rings (SSSR count). The van der Waals surface area contributed by atoms with E-state index in [9.17, 15) is 4.79 Å². The Morgan fingerprint density at radius 2 is 2.19 bits per heavy atom. The van der Waals surface area contributed by atoms with Crippen molar-refractivity contribution in [1.82, 2.24) is 20.0 Å². The van der Waals surface area contributed by atoms with Gasteiger partial charge in [-0.3, -0.25) is 9.48 Å². The summed E-state index contributed by atoms with van der Waals surface area (Å²) in [4.78, 5) is 14.2. The van der Waals surface area contributed by atoms with Gasteiger partial charge in [0.05, 0.1) is 11.8 Å². The van der Waals surface area contributed by atoms with Gasteiger partial charge in [-0.2, -0.15) is 5.10 Å². The van der Waals surface area contributed by atoms with E-state index in [-0.39, 0.29) is 24.7 Å². The molecule has 0 radical (unpaired) electrons. The summed E-state index contributed by atoms with van der Waals surface area (Å²) in [5, 5.41) is 7.42. The van der Waals surface area contributed by atoms with E-state index >= 15 is 0 Å². The molecule has 1 aliphatic heterocycles. The summed E-state index contributed by atoms with van der Waals surface area (Å²) in [6.45, 7) is 2.28. The molecule has 1 saturated heterocycles. The van der Waals surface area contributed by atoms with E-state index in [1.165, 1.54) is 0 Å². The molecule has 1 saturated carbocycles. The van der Waals surface area contributed by atoms with Crippen molar-refractivity contribution in [1.29, 1.82) is 0 Å². The fraction of sp³-hybridized carbons (Fsp3) is 0.733. The molecule has 2 atom stereocenters. The molecule has 1 aromatic heterocycles. The zero-order chi connectivity index (χ0) is 14.8. The van der Waals surface area contributed by atoms with Gasteiger partial charge >= 0.3 is 0 Å². The Bertz CT molecular complexity index is 494. The Kier molecular flexibility index (Phi) is 4.26. The third-order valence-electron chi connectivity index (χ3n) is 4.37. The van der Waals surface area contributed by atoms with E-state index in [1.54, 1.807) is 4.68 Å². The summed E-state index contributed by atoms with van der Waals surface area (Å²) in [6, 6.07) is 2.25. The van der Waals surface area contributed by atoms with Crippen LogP contribution in [-0.4, -0.2) is 59.5 Å². The van der Waals surface area contributed by atoms with Crippen molar-refractivity contribution in [2.75, 3.05) is 26.7 Å². The van der Waals surface area contributed by atoms with Crippen LogP contribution in [0.3, 0.4) is 0 Å². The highest BCUT2D eigenvalue weighted by molar-refractivity contribution is 5.78. The minimum atomic E-state index is -0.00245. The van der Waals surface area contributed by atoms with Crippen LogP contribution in [0.4, 0.5) is 0 Å². The first-order chi connectivity index (χ1) is 10.1. The quantitative estimate of drug-likeness (QED) is 0.859. The molecule has 116 valence electrons. The van der Waals surface area contributed by atoms with Crippen LogP contribution in [0.1, 0.15) is 30.9 Å². The van der Waals surface area contributed by atoms with Gasteiger partial charge in [0.2, 0.25) is 5.91 Å². The number of nitrogens with one attached hydrogen (secondary N) is 1. The molecular weight excluding hydrogens is 268 g/mol. The van der Waals surface area contributed by atoms with Crippen molar-refractivity contribution in [3.8, 4) is 0 Å². The Balaban J connectivity index is 1.36. The number of carbonyl (C=O) groups excluding carboxylic acids is 1. The Morgan fingerprint density at radius 1 is 1.43 bits per heavy atom. The van der Waals surface area contributed by atoms with Gasteiger partial charge in [-0.15, -0.1) is 0 Å². The lowest BCUT2D eigenvalue weighted by Crippen LogP contribution is -2.37. The average Bonchev–Trinajstić information content (AvgIpc) is 3.09. The number of nitrogens with zero attached hydrogens (tertiary/aromatic N) is 3.